The van der Waals surface area contributed by atoms with Gasteiger partial charge < -0.3 is 15.0 Å². The molecule has 5 heteroatoms. The van der Waals surface area contributed by atoms with Crippen molar-refractivity contribution in [3.05, 3.63) is 58.4 Å². The SMILES string of the molecule is Cc1cc(N2CCc3cc(F)ccc3C2)cc(C2CCO2)c1NC(=O)CC(C)(C)C. The number of nitrogens with zero attached hydrogens (tertiary/aromatic N) is 1. The van der Waals surface area contributed by atoms with Crippen molar-refractivity contribution in [3.8, 4) is 0 Å². The number of hydrogen-bond acceptors (Lipinski definition) is 3. The van der Waals surface area contributed by atoms with E-state index >= 15 is 0 Å². The quantitative estimate of drug-likeness (QED) is 0.720. The van der Waals surface area contributed by atoms with Crippen molar-refractivity contribution in [2.24, 2.45) is 5.41 Å². The Bertz CT molecular complexity index is 960. The zero-order chi connectivity index (χ0) is 21.5. The van der Waals surface area contributed by atoms with Crippen molar-refractivity contribution in [1.82, 2.24) is 0 Å². The Morgan fingerprint density at radius 3 is 2.67 bits per heavy atom. The Morgan fingerprint density at radius 1 is 1.23 bits per heavy atom. The smallest absolute Gasteiger partial charge is 0.224 e. The second-order valence-corrected chi connectivity index (χ2v) is 9.75. The molecule has 1 fully saturated rings. The van der Waals surface area contributed by atoms with Crippen molar-refractivity contribution >= 4 is 17.3 Å². The number of fused-ring (bicyclic) bond motifs is 1. The van der Waals surface area contributed by atoms with Crippen LogP contribution in [0.4, 0.5) is 15.8 Å². The van der Waals surface area contributed by atoms with E-state index in [4.69, 9.17) is 4.74 Å². The van der Waals surface area contributed by atoms with E-state index in [0.717, 1.165) is 60.6 Å². The molecule has 4 rings (SSSR count). The van der Waals surface area contributed by atoms with Crippen molar-refractivity contribution in [2.45, 2.75) is 59.6 Å². The molecule has 1 unspecified atom stereocenters. The summed E-state index contributed by atoms with van der Waals surface area (Å²) in [5.74, 6) is -0.134. The molecule has 4 nitrogen and oxygen atoms in total. The third-order valence-corrected chi connectivity index (χ3v) is 5.90. The van der Waals surface area contributed by atoms with Gasteiger partial charge in [-0.2, -0.15) is 0 Å². The fourth-order valence-electron chi connectivity index (χ4n) is 4.29. The zero-order valence-electron chi connectivity index (χ0n) is 18.3. The lowest BCUT2D eigenvalue weighted by molar-refractivity contribution is -0.117. The lowest BCUT2D eigenvalue weighted by Crippen LogP contribution is -2.31. The van der Waals surface area contributed by atoms with Crippen LogP contribution in [0.15, 0.2) is 30.3 Å². The second-order valence-electron chi connectivity index (χ2n) is 9.75. The molecule has 2 aromatic rings. The molecule has 2 aliphatic rings. The van der Waals surface area contributed by atoms with Gasteiger partial charge in [0.15, 0.2) is 0 Å². The van der Waals surface area contributed by atoms with Crippen LogP contribution >= 0.6 is 0 Å². The molecule has 160 valence electrons. The molecule has 0 aliphatic carbocycles. The number of amides is 1. The van der Waals surface area contributed by atoms with Crippen LogP contribution in [0.2, 0.25) is 0 Å². The van der Waals surface area contributed by atoms with Gasteiger partial charge in [-0.3, -0.25) is 4.79 Å². The predicted octanol–water partition coefficient (Wildman–Crippen LogP) is 5.53. The molecular weight excluding hydrogens is 379 g/mol. The number of nitrogens with one attached hydrogen (secondary N) is 1. The van der Waals surface area contributed by atoms with Crippen LogP contribution in [0.3, 0.4) is 0 Å². The van der Waals surface area contributed by atoms with E-state index in [1.807, 2.05) is 13.0 Å². The largest absolute Gasteiger partial charge is 0.373 e. The number of ether oxygens (including phenoxy) is 1. The van der Waals surface area contributed by atoms with Gasteiger partial charge in [-0.05, 0) is 59.7 Å². The Balaban J connectivity index is 1.62. The van der Waals surface area contributed by atoms with Gasteiger partial charge >= 0.3 is 0 Å². The molecule has 1 atom stereocenters. The first-order chi connectivity index (χ1) is 14.2. The molecule has 2 aliphatic heterocycles. The number of carbonyl (C=O) groups excluding carboxylic acids is 1. The van der Waals surface area contributed by atoms with Gasteiger partial charge in [-0.15, -0.1) is 0 Å². The maximum Gasteiger partial charge on any atom is 0.224 e. The lowest BCUT2D eigenvalue weighted by Gasteiger charge is -2.34. The molecule has 1 N–H and O–H groups in total. The minimum Gasteiger partial charge on any atom is -0.373 e. The van der Waals surface area contributed by atoms with Crippen LogP contribution in [0.1, 0.15) is 62.0 Å². The topological polar surface area (TPSA) is 41.6 Å². The monoisotopic (exact) mass is 410 g/mol. The molecular formula is C25H31FN2O2. The number of rotatable bonds is 4. The number of halogens is 1. The summed E-state index contributed by atoms with van der Waals surface area (Å²) in [5, 5.41) is 3.16. The van der Waals surface area contributed by atoms with Gasteiger partial charge in [-0.1, -0.05) is 26.8 Å². The predicted molar refractivity (Wildman–Crippen MR) is 118 cm³/mol. The van der Waals surface area contributed by atoms with E-state index in [9.17, 15) is 9.18 Å². The van der Waals surface area contributed by atoms with Crippen LogP contribution in [-0.2, 0) is 22.5 Å². The first kappa shape index (κ1) is 20.9. The van der Waals surface area contributed by atoms with Gasteiger partial charge in [0.25, 0.3) is 0 Å². The van der Waals surface area contributed by atoms with E-state index in [1.54, 1.807) is 6.07 Å². The normalized spacial score (nSPS) is 18.6. The third kappa shape index (κ3) is 4.51. The fraction of sp³-hybridized carbons (Fsp3) is 0.480. The van der Waals surface area contributed by atoms with Crippen LogP contribution in [0.5, 0.6) is 0 Å². The number of benzene rings is 2. The average molecular weight is 411 g/mol. The molecule has 1 saturated heterocycles. The highest BCUT2D eigenvalue weighted by Crippen LogP contribution is 2.40. The minimum absolute atomic E-state index is 0.0276. The highest BCUT2D eigenvalue weighted by Gasteiger charge is 2.28. The number of aryl methyl sites for hydroxylation is 1. The second kappa shape index (κ2) is 8.03. The Kier molecular flexibility index (Phi) is 5.58. The van der Waals surface area contributed by atoms with Crippen LogP contribution in [0.25, 0.3) is 0 Å². The zero-order valence-corrected chi connectivity index (χ0v) is 18.3. The Morgan fingerprint density at radius 2 is 2.00 bits per heavy atom. The lowest BCUT2D eigenvalue weighted by atomic mass is 9.91. The summed E-state index contributed by atoms with van der Waals surface area (Å²) in [5.41, 5.74) is 6.32. The van der Waals surface area contributed by atoms with Gasteiger partial charge in [0.2, 0.25) is 5.91 Å². The standard InChI is InChI=1S/C25H31FN2O2/c1-16-11-20(28-9-7-17-12-19(26)6-5-18(17)15-28)13-21(22-8-10-30-22)24(16)27-23(29)14-25(2,3)4/h5-6,11-13,22H,7-10,14-15H2,1-4H3,(H,27,29). The first-order valence-corrected chi connectivity index (χ1v) is 10.8. The molecule has 0 saturated carbocycles. The molecule has 1 amide bonds. The molecule has 0 radical (unpaired) electrons. The summed E-state index contributed by atoms with van der Waals surface area (Å²) < 4.78 is 19.3. The first-order valence-electron chi connectivity index (χ1n) is 10.8. The number of carbonyl (C=O) groups is 1. The summed E-state index contributed by atoms with van der Waals surface area (Å²) in [7, 11) is 0. The summed E-state index contributed by atoms with van der Waals surface area (Å²) in [6.45, 7) is 10.6. The maximum absolute atomic E-state index is 13.5. The van der Waals surface area contributed by atoms with E-state index in [0.29, 0.717) is 6.42 Å². The van der Waals surface area contributed by atoms with Crippen LogP contribution in [-0.4, -0.2) is 19.1 Å². The van der Waals surface area contributed by atoms with E-state index < -0.39 is 0 Å². The van der Waals surface area contributed by atoms with E-state index in [-0.39, 0.29) is 23.2 Å². The van der Waals surface area contributed by atoms with Crippen molar-refractivity contribution in [1.29, 1.82) is 0 Å². The van der Waals surface area contributed by atoms with E-state index in [2.05, 4.69) is 43.1 Å². The van der Waals surface area contributed by atoms with Crippen molar-refractivity contribution < 1.29 is 13.9 Å². The Labute approximate surface area is 178 Å². The molecule has 2 aromatic carbocycles. The highest BCUT2D eigenvalue weighted by atomic mass is 19.1. The summed E-state index contributed by atoms with van der Waals surface area (Å²) in [4.78, 5) is 14.9. The maximum atomic E-state index is 13.5. The van der Waals surface area contributed by atoms with Crippen LogP contribution < -0.4 is 10.2 Å². The highest BCUT2D eigenvalue weighted by molar-refractivity contribution is 5.93. The van der Waals surface area contributed by atoms with Crippen molar-refractivity contribution in [3.63, 3.8) is 0 Å². The van der Waals surface area contributed by atoms with Gasteiger partial charge in [0.1, 0.15) is 5.82 Å². The average Bonchev–Trinajstić information content (AvgIpc) is 2.61. The number of anilines is 2. The third-order valence-electron chi connectivity index (χ3n) is 5.90. The molecule has 0 aromatic heterocycles. The van der Waals surface area contributed by atoms with Gasteiger partial charge in [0.05, 0.1) is 12.7 Å². The summed E-state index contributed by atoms with van der Waals surface area (Å²) >= 11 is 0. The summed E-state index contributed by atoms with van der Waals surface area (Å²) in [6, 6.07) is 9.39. The molecule has 30 heavy (non-hydrogen) atoms. The number of hydrogen-bond donors (Lipinski definition) is 1. The van der Waals surface area contributed by atoms with Crippen molar-refractivity contribution in [2.75, 3.05) is 23.4 Å². The van der Waals surface area contributed by atoms with Gasteiger partial charge in [-0.25, -0.2) is 4.39 Å². The van der Waals surface area contributed by atoms with Gasteiger partial charge in [0, 0.05) is 42.9 Å². The molecule has 0 bridgehead atoms. The Hall–Kier alpha value is -2.40. The van der Waals surface area contributed by atoms with Crippen LogP contribution in [0, 0.1) is 18.2 Å². The fourth-order valence-corrected chi connectivity index (χ4v) is 4.29. The molecule has 2 heterocycles. The molecule has 0 spiro atoms. The van der Waals surface area contributed by atoms with E-state index in [1.165, 1.54) is 11.6 Å². The minimum atomic E-state index is -0.169. The summed E-state index contributed by atoms with van der Waals surface area (Å²) in [6.07, 6.45) is 2.29.